The van der Waals surface area contributed by atoms with Crippen molar-refractivity contribution in [3.8, 4) is 0 Å². The van der Waals surface area contributed by atoms with Crippen LogP contribution in [0.1, 0.15) is 6.42 Å². The summed E-state index contributed by atoms with van der Waals surface area (Å²) in [7, 11) is 2.99. The number of esters is 1. The summed E-state index contributed by atoms with van der Waals surface area (Å²) in [5, 5.41) is 0. The molecule has 0 fully saturated rings. The number of hydrogen-bond donors (Lipinski definition) is 0. The van der Waals surface area contributed by atoms with E-state index in [1.54, 1.807) is 12.2 Å². The van der Waals surface area contributed by atoms with Crippen molar-refractivity contribution in [3.05, 3.63) is 36.4 Å². The van der Waals surface area contributed by atoms with Crippen LogP contribution in [0.3, 0.4) is 0 Å². The Hall–Kier alpha value is -1.67. The van der Waals surface area contributed by atoms with Gasteiger partial charge in [0.25, 0.3) is 5.71 Å². The van der Waals surface area contributed by atoms with E-state index < -0.39 is 5.97 Å². The van der Waals surface area contributed by atoms with Crippen LogP contribution in [-0.2, 0) is 9.53 Å². The average molecular weight is 163 g/mol. The first-order valence-electron chi connectivity index (χ1n) is 3.33. The zero-order valence-corrected chi connectivity index (χ0v) is 6.36. The van der Waals surface area contributed by atoms with Crippen molar-refractivity contribution in [2.45, 2.75) is 6.42 Å². The summed E-state index contributed by atoms with van der Waals surface area (Å²) in [6, 6.07) is 0. The molecule has 0 heterocycles. The molecule has 12 heavy (non-hydrogen) atoms. The maximum Gasteiger partial charge on any atom is 0.338 e. The third-order valence-corrected chi connectivity index (χ3v) is 1.44. The molecule has 0 aromatic rings. The Morgan fingerprint density at radius 3 is 3.08 bits per heavy atom. The summed E-state index contributed by atoms with van der Waals surface area (Å²) >= 11 is 0. The summed E-state index contributed by atoms with van der Waals surface area (Å²) in [5.41, 5.74) is 9.17. The lowest BCUT2D eigenvalue weighted by Crippen LogP contribution is -2.08. The molecule has 61 valence electrons. The van der Waals surface area contributed by atoms with Gasteiger partial charge < -0.3 is 10.3 Å². The molecule has 0 atom stereocenters. The number of hydrogen-bond acceptors (Lipinski definition) is 2. The fourth-order valence-electron chi connectivity index (χ4n) is 0.873. The van der Waals surface area contributed by atoms with Crippen LogP contribution in [-0.4, -0.2) is 16.5 Å². The Labute approximate surface area is 69.8 Å². The molecule has 1 aliphatic carbocycles. The van der Waals surface area contributed by atoms with Crippen molar-refractivity contribution in [1.29, 1.82) is 0 Å². The second-order valence-electron chi connectivity index (χ2n) is 2.23. The van der Waals surface area contributed by atoms with Crippen LogP contribution < -0.4 is 0 Å². The van der Waals surface area contributed by atoms with Gasteiger partial charge in [-0.3, -0.25) is 0 Å². The van der Waals surface area contributed by atoms with Crippen LogP contribution in [0.25, 0.3) is 5.53 Å². The van der Waals surface area contributed by atoms with Gasteiger partial charge in [-0.2, -0.15) is 4.79 Å². The molecule has 0 aromatic carbocycles. The van der Waals surface area contributed by atoms with E-state index in [1.807, 2.05) is 0 Å². The van der Waals surface area contributed by atoms with E-state index in [0.717, 1.165) is 0 Å². The van der Waals surface area contributed by atoms with Gasteiger partial charge in [0, 0.05) is 6.08 Å². The molecule has 4 nitrogen and oxygen atoms in total. The number of rotatable bonds is 1. The van der Waals surface area contributed by atoms with Crippen LogP contribution in [0.5, 0.6) is 0 Å². The lowest BCUT2D eigenvalue weighted by atomic mass is 10.1. The van der Waals surface area contributed by atoms with Gasteiger partial charge in [-0.1, -0.05) is 12.2 Å². The monoisotopic (exact) mass is 163 g/mol. The predicted octanol–water partition coefficient (Wildman–Crippen LogP) is 0.878. The first kappa shape index (κ1) is 8.43. The van der Waals surface area contributed by atoms with Crippen LogP contribution in [0, 0.1) is 7.11 Å². The Morgan fingerprint density at radius 2 is 2.50 bits per heavy atom. The van der Waals surface area contributed by atoms with E-state index in [2.05, 4.69) is 16.6 Å². The topological polar surface area (TPSA) is 62.7 Å². The number of carbonyl (C=O) groups excluding carboxylic acids is 1. The van der Waals surface area contributed by atoms with Crippen LogP contribution in [0.4, 0.5) is 0 Å². The highest BCUT2D eigenvalue weighted by molar-refractivity contribution is 6.03. The van der Waals surface area contributed by atoms with Gasteiger partial charge in [-0.25, -0.2) is 4.79 Å². The summed E-state index contributed by atoms with van der Waals surface area (Å²) in [5.74, 6) is -0.535. The third-order valence-electron chi connectivity index (χ3n) is 1.44. The van der Waals surface area contributed by atoms with E-state index in [-0.39, 0.29) is 0 Å². The summed E-state index contributed by atoms with van der Waals surface area (Å²) < 4.78 is 4.24. The van der Waals surface area contributed by atoms with Crippen LogP contribution in [0.15, 0.2) is 23.8 Å². The van der Waals surface area contributed by atoms with Crippen molar-refractivity contribution < 1.29 is 14.3 Å². The van der Waals surface area contributed by atoms with Gasteiger partial charge in [0.15, 0.2) is 0 Å². The summed E-state index contributed by atoms with van der Waals surface area (Å²) in [4.78, 5) is 13.9. The number of allylic oxidation sites excluding steroid dienone is 2. The first-order valence-corrected chi connectivity index (χ1v) is 3.33. The second-order valence-corrected chi connectivity index (χ2v) is 2.23. The number of nitrogens with zero attached hydrogens (tertiary/aromatic N) is 2. The zero-order chi connectivity index (χ0) is 8.97. The average Bonchev–Trinajstić information content (AvgIpc) is 2.17. The van der Waals surface area contributed by atoms with Crippen molar-refractivity contribution in [3.63, 3.8) is 0 Å². The largest absolute Gasteiger partial charge is 0.458 e. The molecule has 1 radical (unpaired) electrons. The zero-order valence-electron chi connectivity index (χ0n) is 6.36. The van der Waals surface area contributed by atoms with E-state index in [9.17, 15) is 4.79 Å². The fourth-order valence-corrected chi connectivity index (χ4v) is 0.873. The Morgan fingerprint density at radius 1 is 1.75 bits per heavy atom. The molecule has 0 spiro atoms. The molecule has 0 saturated heterocycles. The van der Waals surface area contributed by atoms with Gasteiger partial charge in [-0.05, 0) is 0 Å². The van der Waals surface area contributed by atoms with E-state index >= 15 is 0 Å². The van der Waals surface area contributed by atoms with Gasteiger partial charge in [0.05, 0.1) is 12.0 Å². The lowest BCUT2D eigenvalue weighted by Gasteiger charge is -2.00. The highest BCUT2D eigenvalue weighted by Crippen LogP contribution is 2.08. The molecule has 0 amide bonds. The van der Waals surface area contributed by atoms with Crippen LogP contribution >= 0.6 is 0 Å². The highest BCUT2D eigenvalue weighted by atomic mass is 16.5. The van der Waals surface area contributed by atoms with Gasteiger partial charge >= 0.3 is 5.97 Å². The standard InChI is InChI=1S/C8H7N2O2/c1-12-8(11)6-3-2-4-7(5-6)10-9/h2-3,5H,1,4H2. The minimum atomic E-state index is -0.535. The van der Waals surface area contributed by atoms with Crippen molar-refractivity contribution in [1.82, 2.24) is 0 Å². The Kier molecular flexibility index (Phi) is 2.56. The first-order chi connectivity index (χ1) is 5.77. The normalized spacial score (nSPS) is 15.1. The smallest absolute Gasteiger partial charge is 0.338 e. The maximum atomic E-state index is 10.9. The van der Waals surface area contributed by atoms with Crippen molar-refractivity contribution in [2.24, 2.45) is 0 Å². The fraction of sp³-hybridized carbons (Fsp3) is 0.125. The molecule has 0 saturated carbocycles. The van der Waals surface area contributed by atoms with E-state index in [0.29, 0.717) is 17.7 Å². The van der Waals surface area contributed by atoms with E-state index in [4.69, 9.17) is 5.53 Å². The SMILES string of the molecule is [CH2]OC(=O)C1=CC(=[N+]=[N-])CC=C1. The van der Waals surface area contributed by atoms with E-state index in [1.165, 1.54) is 6.08 Å². The van der Waals surface area contributed by atoms with Gasteiger partial charge in [0.1, 0.15) is 7.11 Å². The lowest BCUT2D eigenvalue weighted by molar-refractivity contribution is -0.133. The quantitative estimate of drug-likeness (QED) is 0.327. The number of carbonyl (C=O) groups is 1. The molecule has 0 N–H and O–H groups in total. The van der Waals surface area contributed by atoms with Crippen molar-refractivity contribution >= 4 is 11.7 Å². The van der Waals surface area contributed by atoms with Crippen LogP contribution in [0.2, 0.25) is 0 Å². The van der Waals surface area contributed by atoms with Gasteiger partial charge in [0.2, 0.25) is 0 Å². The molecule has 4 heteroatoms. The van der Waals surface area contributed by atoms with Crippen molar-refractivity contribution in [2.75, 3.05) is 0 Å². The Bertz CT molecular complexity index is 309. The maximum absolute atomic E-state index is 10.9. The minimum Gasteiger partial charge on any atom is -0.458 e. The Balaban J connectivity index is 2.91. The molecule has 0 bridgehead atoms. The van der Waals surface area contributed by atoms with Gasteiger partial charge in [-0.15, -0.1) is 0 Å². The molecule has 1 aliphatic rings. The molecule has 0 aliphatic heterocycles. The summed E-state index contributed by atoms with van der Waals surface area (Å²) in [6.45, 7) is 0. The molecule has 0 unspecified atom stereocenters. The minimum absolute atomic E-state index is 0.337. The molecular weight excluding hydrogens is 156 g/mol. The summed E-state index contributed by atoms with van der Waals surface area (Å²) in [6.07, 6.45) is 5.28. The number of ether oxygens (including phenoxy) is 1. The molecule has 1 rings (SSSR count). The second kappa shape index (κ2) is 3.64. The highest BCUT2D eigenvalue weighted by Gasteiger charge is 2.14. The molecule has 0 aromatic heterocycles. The third kappa shape index (κ3) is 1.68. The molecular formula is C8H7N2O2. The predicted molar refractivity (Wildman–Crippen MR) is 41.9 cm³/mol.